The fraction of sp³-hybridized carbons (Fsp3) is 0.250. The van der Waals surface area contributed by atoms with Crippen molar-refractivity contribution >= 4 is 17.4 Å². The highest BCUT2D eigenvalue weighted by atomic mass is 35.5. The first-order valence-electron chi connectivity index (χ1n) is 4.44. The van der Waals surface area contributed by atoms with Gasteiger partial charge in [0.15, 0.2) is 5.78 Å². The first-order valence-corrected chi connectivity index (χ1v) is 4.82. The highest BCUT2D eigenvalue weighted by Gasteiger charge is 2.07. The van der Waals surface area contributed by atoms with Gasteiger partial charge in [-0.25, -0.2) is 0 Å². The minimum atomic E-state index is 0.0689. The number of ketones is 1. The Bertz CT molecular complexity index is 380. The van der Waals surface area contributed by atoms with E-state index in [0.29, 0.717) is 17.0 Å². The van der Waals surface area contributed by atoms with Crippen LogP contribution in [-0.2, 0) is 0 Å². The average molecular weight is 209 g/mol. The second kappa shape index (κ2) is 4.43. The van der Waals surface area contributed by atoms with Gasteiger partial charge in [-0.2, -0.15) is 0 Å². The Balaban J connectivity index is 2.91. The Morgan fingerprint density at radius 2 is 2.14 bits per heavy atom. The number of hydrogen-bond acceptors (Lipinski definition) is 1. The molecule has 0 unspecified atom stereocenters. The first-order chi connectivity index (χ1) is 6.50. The van der Waals surface area contributed by atoms with Gasteiger partial charge in [-0.15, -0.1) is 0 Å². The Hall–Kier alpha value is -1.08. The van der Waals surface area contributed by atoms with Crippen molar-refractivity contribution in [3.8, 4) is 0 Å². The van der Waals surface area contributed by atoms with Gasteiger partial charge >= 0.3 is 0 Å². The molecule has 0 heterocycles. The van der Waals surface area contributed by atoms with Crippen LogP contribution in [0.3, 0.4) is 0 Å². The van der Waals surface area contributed by atoms with Gasteiger partial charge in [0.25, 0.3) is 0 Å². The predicted molar refractivity (Wildman–Crippen MR) is 60.0 cm³/mol. The Labute approximate surface area is 89.4 Å². The molecule has 0 aliphatic rings. The molecule has 74 valence electrons. The summed E-state index contributed by atoms with van der Waals surface area (Å²) in [5, 5.41) is 0.637. The van der Waals surface area contributed by atoms with Gasteiger partial charge in [-0.3, -0.25) is 4.79 Å². The molecule has 1 aromatic carbocycles. The highest BCUT2D eigenvalue weighted by Crippen LogP contribution is 2.18. The molecular formula is C12H13ClO. The van der Waals surface area contributed by atoms with E-state index >= 15 is 0 Å². The molecule has 0 fully saturated rings. The molecular weight excluding hydrogens is 196 g/mol. The van der Waals surface area contributed by atoms with Gasteiger partial charge in [-0.1, -0.05) is 35.9 Å². The molecule has 0 saturated heterocycles. The number of rotatable bonds is 3. The molecule has 14 heavy (non-hydrogen) atoms. The van der Waals surface area contributed by atoms with Crippen molar-refractivity contribution in [3.05, 3.63) is 46.5 Å². The summed E-state index contributed by atoms with van der Waals surface area (Å²) in [6.45, 7) is 7.46. The molecule has 2 heteroatoms. The number of carbonyl (C=O) groups is 1. The Kier molecular flexibility index (Phi) is 3.48. The molecule has 1 aromatic rings. The summed E-state index contributed by atoms with van der Waals surface area (Å²) in [7, 11) is 0. The summed E-state index contributed by atoms with van der Waals surface area (Å²) >= 11 is 5.92. The largest absolute Gasteiger partial charge is 0.294 e. The zero-order valence-electron chi connectivity index (χ0n) is 8.43. The van der Waals surface area contributed by atoms with E-state index < -0.39 is 0 Å². The van der Waals surface area contributed by atoms with Crippen molar-refractivity contribution in [1.29, 1.82) is 0 Å². The molecule has 0 bridgehead atoms. The van der Waals surface area contributed by atoms with Crippen molar-refractivity contribution < 1.29 is 4.79 Å². The molecule has 1 nitrogen and oxygen atoms in total. The number of allylic oxidation sites excluding steroid dienone is 1. The molecule has 0 aliphatic carbocycles. The van der Waals surface area contributed by atoms with Crippen LogP contribution in [0.25, 0.3) is 0 Å². The van der Waals surface area contributed by atoms with Gasteiger partial charge < -0.3 is 0 Å². The molecule has 0 atom stereocenters. The second-order valence-electron chi connectivity index (χ2n) is 3.52. The molecule has 0 N–H and O–H groups in total. The van der Waals surface area contributed by atoms with Crippen LogP contribution in [0.2, 0.25) is 5.02 Å². The maximum Gasteiger partial charge on any atom is 0.166 e. The maximum absolute atomic E-state index is 11.6. The summed E-state index contributed by atoms with van der Waals surface area (Å²) in [4.78, 5) is 11.6. The number of aryl methyl sites for hydroxylation is 1. The van der Waals surface area contributed by atoms with E-state index in [-0.39, 0.29) is 5.78 Å². The zero-order chi connectivity index (χ0) is 10.7. The standard InChI is InChI=1S/C12H13ClO/c1-8(2)6-12(14)10-5-4-9(3)11(13)7-10/h4-5,7H,1,6H2,2-3H3. The lowest BCUT2D eigenvalue weighted by molar-refractivity contribution is 0.0993. The fourth-order valence-electron chi connectivity index (χ4n) is 1.14. The minimum Gasteiger partial charge on any atom is -0.294 e. The van der Waals surface area contributed by atoms with E-state index in [0.717, 1.165) is 11.1 Å². The Morgan fingerprint density at radius 3 is 2.64 bits per heavy atom. The minimum absolute atomic E-state index is 0.0689. The third kappa shape index (κ3) is 2.71. The highest BCUT2D eigenvalue weighted by molar-refractivity contribution is 6.31. The third-order valence-electron chi connectivity index (χ3n) is 1.96. The van der Waals surface area contributed by atoms with Crippen molar-refractivity contribution in [2.75, 3.05) is 0 Å². The SMILES string of the molecule is C=C(C)CC(=O)c1ccc(C)c(Cl)c1. The van der Waals surface area contributed by atoms with E-state index in [1.165, 1.54) is 0 Å². The summed E-state index contributed by atoms with van der Waals surface area (Å²) in [5.74, 6) is 0.0689. The maximum atomic E-state index is 11.6. The molecule has 1 rings (SSSR count). The van der Waals surface area contributed by atoms with E-state index in [2.05, 4.69) is 6.58 Å². The lowest BCUT2D eigenvalue weighted by Crippen LogP contribution is -1.99. The summed E-state index contributed by atoms with van der Waals surface area (Å²) in [5.41, 5.74) is 2.51. The van der Waals surface area contributed by atoms with Crippen LogP contribution in [0.5, 0.6) is 0 Å². The summed E-state index contributed by atoms with van der Waals surface area (Å²) in [6, 6.07) is 5.36. The molecule has 0 aromatic heterocycles. The number of Topliss-reactive ketones (excluding diaryl/α,β-unsaturated/α-hetero) is 1. The number of hydrogen-bond donors (Lipinski definition) is 0. The monoisotopic (exact) mass is 208 g/mol. The topological polar surface area (TPSA) is 17.1 Å². The van der Waals surface area contributed by atoms with E-state index in [4.69, 9.17) is 11.6 Å². The van der Waals surface area contributed by atoms with Crippen LogP contribution in [0.15, 0.2) is 30.4 Å². The van der Waals surface area contributed by atoms with Gasteiger partial charge in [0.2, 0.25) is 0 Å². The third-order valence-corrected chi connectivity index (χ3v) is 2.36. The van der Waals surface area contributed by atoms with Crippen molar-refractivity contribution in [2.24, 2.45) is 0 Å². The van der Waals surface area contributed by atoms with Gasteiger partial charge in [0.1, 0.15) is 0 Å². The predicted octanol–water partition coefficient (Wildman–Crippen LogP) is 3.80. The zero-order valence-corrected chi connectivity index (χ0v) is 9.19. The quantitative estimate of drug-likeness (QED) is 0.546. The Morgan fingerprint density at radius 1 is 1.50 bits per heavy atom. The van der Waals surface area contributed by atoms with Gasteiger partial charge in [-0.05, 0) is 25.5 Å². The number of halogens is 1. The van der Waals surface area contributed by atoms with Crippen molar-refractivity contribution in [2.45, 2.75) is 20.3 Å². The summed E-state index contributed by atoms with van der Waals surface area (Å²) in [6.07, 6.45) is 0.388. The number of carbonyl (C=O) groups excluding carboxylic acids is 1. The van der Waals surface area contributed by atoms with E-state index in [1.807, 2.05) is 19.9 Å². The van der Waals surface area contributed by atoms with Crippen molar-refractivity contribution in [1.82, 2.24) is 0 Å². The average Bonchev–Trinajstić information content (AvgIpc) is 2.08. The van der Waals surface area contributed by atoms with Crippen molar-refractivity contribution in [3.63, 3.8) is 0 Å². The molecule has 0 saturated carbocycles. The van der Waals surface area contributed by atoms with Gasteiger partial charge in [0, 0.05) is 17.0 Å². The van der Waals surface area contributed by atoms with Crippen LogP contribution in [-0.4, -0.2) is 5.78 Å². The van der Waals surface area contributed by atoms with Crippen LogP contribution in [0, 0.1) is 6.92 Å². The van der Waals surface area contributed by atoms with Gasteiger partial charge in [0.05, 0.1) is 0 Å². The van der Waals surface area contributed by atoms with E-state index in [1.54, 1.807) is 12.1 Å². The summed E-state index contributed by atoms with van der Waals surface area (Å²) < 4.78 is 0. The fourth-order valence-corrected chi connectivity index (χ4v) is 1.32. The normalized spacial score (nSPS) is 9.93. The number of benzene rings is 1. The smallest absolute Gasteiger partial charge is 0.166 e. The first kappa shape index (κ1) is 11.0. The van der Waals surface area contributed by atoms with Crippen LogP contribution in [0.4, 0.5) is 0 Å². The van der Waals surface area contributed by atoms with Crippen LogP contribution < -0.4 is 0 Å². The molecule has 0 spiro atoms. The molecule has 0 amide bonds. The van der Waals surface area contributed by atoms with Crippen LogP contribution in [0.1, 0.15) is 29.3 Å². The molecule has 0 radical (unpaired) electrons. The van der Waals surface area contributed by atoms with E-state index in [9.17, 15) is 4.79 Å². The lowest BCUT2D eigenvalue weighted by Gasteiger charge is -2.02. The molecule has 0 aliphatic heterocycles. The second-order valence-corrected chi connectivity index (χ2v) is 3.93. The lowest BCUT2D eigenvalue weighted by atomic mass is 10.0. The van der Waals surface area contributed by atoms with Crippen LogP contribution >= 0.6 is 11.6 Å².